The van der Waals surface area contributed by atoms with Crippen molar-refractivity contribution in [2.75, 3.05) is 30.8 Å². The van der Waals surface area contributed by atoms with Crippen LogP contribution in [0.3, 0.4) is 0 Å². The number of amides is 1. The first-order valence-electron chi connectivity index (χ1n) is 12.4. The van der Waals surface area contributed by atoms with Crippen LogP contribution in [0.1, 0.15) is 18.4 Å². The Morgan fingerprint density at radius 2 is 1.95 bits per heavy atom. The molecule has 11 heteroatoms. The Morgan fingerprint density at radius 3 is 2.67 bits per heavy atom. The van der Waals surface area contributed by atoms with Crippen LogP contribution in [0.2, 0.25) is 5.02 Å². The molecule has 1 fully saturated rings. The molecule has 2 heterocycles. The third-order valence-electron chi connectivity index (χ3n) is 6.56. The van der Waals surface area contributed by atoms with Gasteiger partial charge < -0.3 is 30.1 Å². The standard InChI is InChI=1S/C28H27ClFN5O4/c1-38-26-14-23-21(13-24(26)33-19-7-9-35(10-8-19)28(36)37)27(32-16-31-23)34-20-5-6-25(22(29)12-20)39-15-17-3-2-4-18(30)11-17/h2-6,11-14,16,19,33H,7-10,15H2,1H3,(H,36,37)(H,31,32,34). The van der Waals surface area contributed by atoms with Crippen molar-refractivity contribution in [1.82, 2.24) is 14.9 Å². The minimum Gasteiger partial charge on any atom is -0.495 e. The van der Waals surface area contributed by atoms with E-state index in [9.17, 15) is 14.3 Å². The molecule has 3 N–H and O–H groups in total. The summed E-state index contributed by atoms with van der Waals surface area (Å²) in [6.07, 6.45) is 1.96. The number of aromatic nitrogens is 2. The number of carboxylic acid groups (broad SMARTS) is 1. The summed E-state index contributed by atoms with van der Waals surface area (Å²) >= 11 is 6.48. The van der Waals surface area contributed by atoms with Crippen LogP contribution in [0.25, 0.3) is 10.9 Å². The zero-order valence-corrected chi connectivity index (χ0v) is 21.9. The largest absolute Gasteiger partial charge is 0.495 e. The molecule has 0 bridgehead atoms. The number of anilines is 3. The number of halogens is 2. The van der Waals surface area contributed by atoms with E-state index < -0.39 is 6.09 Å². The third kappa shape index (κ3) is 6.23. The maximum atomic E-state index is 13.4. The summed E-state index contributed by atoms with van der Waals surface area (Å²) in [5, 5.41) is 17.2. The number of benzene rings is 3. The molecule has 0 spiro atoms. The molecule has 0 saturated carbocycles. The van der Waals surface area contributed by atoms with Crippen LogP contribution >= 0.6 is 11.6 Å². The molecule has 1 amide bonds. The zero-order valence-electron chi connectivity index (χ0n) is 21.2. The molecule has 1 saturated heterocycles. The number of hydrogen-bond acceptors (Lipinski definition) is 7. The summed E-state index contributed by atoms with van der Waals surface area (Å²) in [5.41, 5.74) is 2.87. The van der Waals surface area contributed by atoms with Crippen LogP contribution in [-0.2, 0) is 6.61 Å². The smallest absolute Gasteiger partial charge is 0.407 e. The SMILES string of the molecule is COc1cc2ncnc(Nc3ccc(OCc4cccc(F)c4)c(Cl)c3)c2cc1NC1CCN(C(=O)O)CC1. The van der Waals surface area contributed by atoms with Crippen LogP contribution in [0, 0.1) is 5.82 Å². The van der Waals surface area contributed by atoms with Gasteiger partial charge >= 0.3 is 6.09 Å². The van der Waals surface area contributed by atoms with E-state index >= 15 is 0 Å². The summed E-state index contributed by atoms with van der Waals surface area (Å²) in [6, 6.07) is 15.4. The molecule has 202 valence electrons. The number of rotatable bonds is 8. The van der Waals surface area contributed by atoms with E-state index in [2.05, 4.69) is 20.6 Å². The minimum atomic E-state index is -0.893. The highest BCUT2D eigenvalue weighted by Crippen LogP contribution is 2.35. The number of methoxy groups -OCH3 is 1. The van der Waals surface area contributed by atoms with Crippen molar-refractivity contribution in [3.8, 4) is 11.5 Å². The number of hydrogen-bond donors (Lipinski definition) is 3. The third-order valence-corrected chi connectivity index (χ3v) is 6.86. The van der Waals surface area contributed by atoms with Crippen molar-refractivity contribution < 1.29 is 23.8 Å². The fraction of sp³-hybridized carbons (Fsp3) is 0.250. The van der Waals surface area contributed by atoms with E-state index in [4.69, 9.17) is 21.1 Å². The predicted octanol–water partition coefficient (Wildman–Crippen LogP) is 6.31. The molecule has 0 aliphatic carbocycles. The van der Waals surface area contributed by atoms with Gasteiger partial charge in [-0.1, -0.05) is 23.7 Å². The quantitative estimate of drug-likeness (QED) is 0.234. The van der Waals surface area contributed by atoms with E-state index in [-0.39, 0.29) is 18.5 Å². The predicted molar refractivity (Wildman–Crippen MR) is 148 cm³/mol. The molecular formula is C28H27ClFN5O4. The Balaban J connectivity index is 1.33. The molecule has 9 nitrogen and oxygen atoms in total. The lowest BCUT2D eigenvalue weighted by Crippen LogP contribution is -2.41. The molecule has 1 aliphatic heterocycles. The minimum absolute atomic E-state index is 0.103. The monoisotopic (exact) mass is 551 g/mol. The zero-order chi connectivity index (χ0) is 27.4. The Morgan fingerprint density at radius 1 is 1.13 bits per heavy atom. The van der Waals surface area contributed by atoms with Gasteiger partial charge in [-0.15, -0.1) is 0 Å². The fourth-order valence-electron chi connectivity index (χ4n) is 4.52. The molecule has 1 aromatic heterocycles. The highest BCUT2D eigenvalue weighted by Gasteiger charge is 2.23. The highest BCUT2D eigenvalue weighted by atomic mass is 35.5. The topological polar surface area (TPSA) is 109 Å². The van der Waals surface area contributed by atoms with Gasteiger partial charge in [0.05, 0.1) is 23.3 Å². The second-order valence-corrected chi connectivity index (χ2v) is 9.58. The number of piperidine rings is 1. The molecule has 3 aromatic carbocycles. The fourth-order valence-corrected chi connectivity index (χ4v) is 4.76. The van der Waals surface area contributed by atoms with Gasteiger partial charge in [0.1, 0.15) is 36.1 Å². The first-order chi connectivity index (χ1) is 18.9. The molecule has 4 aromatic rings. The lowest BCUT2D eigenvalue weighted by atomic mass is 10.0. The van der Waals surface area contributed by atoms with Gasteiger partial charge in [-0.3, -0.25) is 0 Å². The summed E-state index contributed by atoms with van der Waals surface area (Å²) in [6.45, 7) is 1.14. The van der Waals surface area contributed by atoms with Gasteiger partial charge in [0, 0.05) is 36.3 Å². The van der Waals surface area contributed by atoms with Gasteiger partial charge in [-0.2, -0.15) is 0 Å². The van der Waals surface area contributed by atoms with Crippen LogP contribution in [0.4, 0.5) is 26.4 Å². The second-order valence-electron chi connectivity index (χ2n) is 9.17. The van der Waals surface area contributed by atoms with Crippen LogP contribution in [0.5, 0.6) is 11.5 Å². The second kappa shape index (κ2) is 11.6. The highest BCUT2D eigenvalue weighted by molar-refractivity contribution is 6.32. The van der Waals surface area contributed by atoms with Crippen LogP contribution in [-0.4, -0.2) is 52.3 Å². The number of ether oxygens (including phenoxy) is 2. The van der Waals surface area contributed by atoms with Crippen LogP contribution < -0.4 is 20.1 Å². The van der Waals surface area contributed by atoms with Gasteiger partial charge in [-0.05, 0) is 54.8 Å². The van der Waals surface area contributed by atoms with E-state index in [1.54, 1.807) is 31.4 Å². The van der Waals surface area contributed by atoms with Gasteiger partial charge in [-0.25, -0.2) is 19.2 Å². The number of nitrogens with one attached hydrogen (secondary N) is 2. The molecule has 0 radical (unpaired) electrons. The number of carbonyl (C=O) groups is 1. The van der Waals surface area contributed by atoms with Crippen molar-refractivity contribution in [3.63, 3.8) is 0 Å². The average molecular weight is 552 g/mol. The summed E-state index contributed by atoms with van der Waals surface area (Å²) in [4.78, 5) is 21.5. The van der Waals surface area contributed by atoms with E-state index in [1.165, 1.54) is 23.4 Å². The van der Waals surface area contributed by atoms with Crippen molar-refractivity contribution in [1.29, 1.82) is 0 Å². The summed E-state index contributed by atoms with van der Waals surface area (Å²) in [7, 11) is 1.60. The van der Waals surface area contributed by atoms with Crippen molar-refractivity contribution in [2.24, 2.45) is 0 Å². The maximum Gasteiger partial charge on any atom is 0.407 e. The molecule has 0 atom stereocenters. The summed E-state index contributed by atoms with van der Waals surface area (Å²) in [5.74, 6) is 1.37. The van der Waals surface area contributed by atoms with Gasteiger partial charge in [0.25, 0.3) is 0 Å². The van der Waals surface area contributed by atoms with E-state index in [0.29, 0.717) is 65.0 Å². The number of nitrogens with zero attached hydrogens (tertiary/aromatic N) is 3. The number of fused-ring (bicyclic) bond motifs is 1. The van der Waals surface area contributed by atoms with Crippen LogP contribution in [0.15, 0.2) is 60.9 Å². The van der Waals surface area contributed by atoms with E-state index in [1.807, 2.05) is 18.2 Å². The lowest BCUT2D eigenvalue weighted by molar-refractivity contribution is 0.133. The Kier molecular flexibility index (Phi) is 7.83. The average Bonchev–Trinajstić information content (AvgIpc) is 2.93. The molecule has 1 aliphatic rings. The molecule has 39 heavy (non-hydrogen) atoms. The normalized spacial score (nSPS) is 13.8. The Hall–Kier alpha value is -4.31. The first-order valence-corrected chi connectivity index (χ1v) is 12.8. The van der Waals surface area contributed by atoms with Gasteiger partial charge in [0.2, 0.25) is 0 Å². The molecule has 5 rings (SSSR count). The van der Waals surface area contributed by atoms with Gasteiger partial charge in [0.15, 0.2) is 0 Å². The lowest BCUT2D eigenvalue weighted by Gasteiger charge is -2.31. The summed E-state index contributed by atoms with van der Waals surface area (Å²) < 4.78 is 24.8. The first kappa shape index (κ1) is 26.3. The Labute approximate surface area is 229 Å². The van der Waals surface area contributed by atoms with Crippen molar-refractivity contribution in [3.05, 3.63) is 77.3 Å². The maximum absolute atomic E-state index is 13.4. The Bertz CT molecular complexity index is 1500. The molecule has 0 unspecified atom stereocenters. The number of likely N-dealkylation sites (tertiary alicyclic amines) is 1. The van der Waals surface area contributed by atoms with Crippen molar-refractivity contribution in [2.45, 2.75) is 25.5 Å². The molecular weight excluding hydrogens is 525 g/mol. The van der Waals surface area contributed by atoms with E-state index in [0.717, 1.165) is 11.1 Å². The van der Waals surface area contributed by atoms with Crippen molar-refractivity contribution >= 4 is 45.8 Å².